The van der Waals surface area contributed by atoms with Gasteiger partial charge in [-0.15, -0.1) is 0 Å². The van der Waals surface area contributed by atoms with E-state index in [0.717, 1.165) is 0 Å². The molecule has 1 aliphatic rings. The Hall–Kier alpha value is -1.82. The summed E-state index contributed by atoms with van der Waals surface area (Å²) in [6, 6.07) is 4.95. The van der Waals surface area contributed by atoms with Gasteiger partial charge in [0, 0.05) is 0 Å². The van der Waals surface area contributed by atoms with Gasteiger partial charge in [0.05, 0.1) is 17.9 Å². The largest absolute Gasteiger partial charge is 0.495 e. The molecule has 1 aliphatic heterocycles. The second kappa shape index (κ2) is 4.70. The molecule has 1 aromatic carbocycles. The number of allylic oxidation sites excluding steroid dienone is 1. The van der Waals surface area contributed by atoms with Crippen LogP contribution in [0.15, 0.2) is 28.0 Å². The van der Waals surface area contributed by atoms with E-state index in [4.69, 9.17) is 9.84 Å². The summed E-state index contributed by atoms with van der Waals surface area (Å²) < 4.78 is 29.8. The number of hydrogen-bond donors (Lipinski definition) is 1. The number of sulfone groups is 1. The molecule has 1 unspecified atom stereocenters. The molecule has 102 valence electrons. The first-order chi connectivity index (χ1) is 8.87. The molecule has 0 aromatic heterocycles. The molecule has 0 saturated carbocycles. The van der Waals surface area contributed by atoms with Crippen LogP contribution in [0.25, 0.3) is 6.08 Å². The number of aliphatic carboxylic acids is 1. The van der Waals surface area contributed by atoms with Crippen LogP contribution in [0.5, 0.6) is 5.75 Å². The third-order valence-electron chi connectivity index (χ3n) is 3.09. The lowest BCUT2D eigenvalue weighted by Crippen LogP contribution is -2.13. The van der Waals surface area contributed by atoms with Crippen molar-refractivity contribution in [1.82, 2.24) is 0 Å². The molecule has 0 amide bonds. The lowest BCUT2D eigenvalue weighted by molar-refractivity contribution is -0.141. The maximum Gasteiger partial charge on any atom is 0.306 e. The Labute approximate surface area is 111 Å². The molecule has 19 heavy (non-hydrogen) atoms. The number of carboxylic acids is 1. The number of methoxy groups -OCH3 is 1. The monoisotopic (exact) mass is 282 g/mol. The van der Waals surface area contributed by atoms with E-state index in [9.17, 15) is 13.2 Å². The topological polar surface area (TPSA) is 80.7 Å². The lowest BCUT2D eigenvalue weighted by Gasteiger charge is -2.09. The first-order valence-electron chi connectivity index (χ1n) is 5.73. The minimum Gasteiger partial charge on any atom is -0.495 e. The van der Waals surface area contributed by atoms with E-state index in [-0.39, 0.29) is 22.0 Å². The van der Waals surface area contributed by atoms with Crippen molar-refractivity contribution in [3.63, 3.8) is 0 Å². The molecule has 1 heterocycles. The molecule has 2 rings (SSSR count). The van der Waals surface area contributed by atoms with Gasteiger partial charge in [-0.25, -0.2) is 8.42 Å². The van der Waals surface area contributed by atoms with Crippen LogP contribution in [0, 0.1) is 5.92 Å². The Morgan fingerprint density at radius 3 is 2.68 bits per heavy atom. The highest BCUT2D eigenvalue weighted by Crippen LogP contribution is 2.41. The highest BCUT2D eigenvalue weighted by Gasteiger charge is 2.34. The molecule has 6 heteroatoms. The van der Waals surface area contributed by atoms with E-state index in [1.54, 1.807) is 18.2 Å². The van der Waals surface area contributed by atoms with Crippen molar-refractivity contribution in [1.29, 1.82) is 0 Å². The van der Waals surface area contributed by atoms with E-state index < -0.39 is 21.7 Å². The van der Waals surface area contributed by atoms with E-state index in [2.05, 4.69) is 0 Å². The van der Waals surface area contributed by atoms with Crippen LogP contribution in [-0.4, -0.2) is 26.6 Å². The second-order valence-corrected chi connectivity index (χ2v) is 6.38. The molecule has 5 nitrogen and oxygen atoms in total. The number of rotatable bonds is 4. The number of carboxylic acid groups (broad SMARTS) is 1. The summed E-state index contributed by atoms with van der Waals surface area (Å²) in [6.45, 7) is 1.49. The van der Waals surface area contributed by atoms with Crippen LogP contribution in [0.2, 0.25) is 0 Å². The second-order valence-electron chi connectivity index (χ2n) is 4.44. The molecular formula is C13H14O5S. The molecule has 1 aromatic rings. The Bertz CT molecular complexity index is 658. The third-order valence-corrected chi connectivity index (χ3v) is 5.04. The van der Waals surface area contributed by atoms with Crippen molar-refractivity contribution >= 4 is 21.9 Å². The Morgan fingerprint density at radius 2 is 2.11 bits per heavy atom. The number of carbonyl (C=O) groups is 1. The lowest BCUT2D eigenvalue weighted by atomic mass is 10.1. The van der Waals surface area contributed by atoms with Crippen LogP contribution in [0.4, 0.5) is 0 Å². The van der Waals surface area contributed by atoms with E-state index >= 15 is 0 Å². The van der Waals surface area contributed by atoms with Gasteiger partial charge in [0.15, 0.2) is 0 Å². The summed E-state index contributed by atoms with van der Waals surface area (Å²) in [5, 5.41) is 8.88. The molecule has 0 aliphatic carbocycles. The fourth-order valence-corrected chi connectivity index (χ4v) is 3.90. The quantitative estimate of drug-likeness (QED) is 0.912. The van der Waals surface area contributed by atoms with Gasteiger partial charge >= 0.3 is 5.97 Å². The Morgan fingerprint density at radius 1 is 1.42 bits per heavy atom. The summed E-state index contributed by atoms with van der Waals surface area (Å²) in [6.07, 6.45) is 1.50. The highest BCUT2D eigenvalue weighted by molar-refractivity contribution is 7.96. The zero-order valence-electron chi connectivity index (χ0n) is 10.6. The van der Waals surface area contributed by atoms with Crippen molar-refractivity contribution in [2.24, 2.45) is 5.92 Å². The van der Waals surface area contributed by atoms with Gasteiger partial charge in [0.2, 0.25) is 9.84 Å². The molecule has 0 bridgehead atoms. The minimum atomic E-state index is -3.64. The number of ether oxygens (including phenoxy) is 1. The van der Waals surface area contributed by atoms with Crippen molar-refractivity contribution < 1.29 is 23.1 Å². The van der Waals surface area contributed by atoms with Crippen LogP contribution in [-0.2, 0) is 14.6 Å². The molecule has 1 N–H and O–H groups in total. The van der Waals surface area contributed by atoms with Gasteiger partial charge in [0.25, 0.3) is 0 Å². The number of benzene rings is 1. The first kappa shape index (κ1) is 13.6. The minimum absolute atomic E-state index is 0.0184. The standard InChI is InChI=1S/C13H14O5S/c1-8(13(14)15)6-10-7-9-4-3-5-11(18-2)12(9)19(10,16)17/h3-5,7-8H,6H2,1-2H3,(H,14,15). The van der Waals surface area contributed by atoms with Crippen LogP contribution in [0.1, 0.15) is 18.9 Å². The van der Waals surface area contributed by atoms with Crippen LogP contribution in [0.3, 0.4) is 0 Å². The molecule has 0 spiro atoms. The molecule has 0 fully saturated rings. The van der Waals surface area contributed by atoms with Crippen LogP contribution < -0.4 is 4.74 Å². The van der Waals surface area contributed by atoms with Gasteiger partial charge in [-0.05, 0) is 24.1 Å². The summed E-state index contributed by atoms with van der Waals surface area (Å²) in [4.78, 5) is 11.1. The zero-order chi connectivity index (χ0) is 14.2. The third kappa shape index (κ3) is 2.23. The average Bonchev–Trinajstić information content (AvgIpc) is 2.61. The Kier molecular flexibility index (Phi) is 3.36. The zero-order valence-corrected chi connectivity index (χ0v) is 11.4. The van der Waals surface area contributed by atoms with E-state index in [0.29, 0.717) is 5.56 Å². The fraction of sp³-hybridized carbons (Fsp3) is 0.308. The van der Waals surface area contributed by atoms with Crippen molar-refractivity contribution in [3.05, 3.63) is 28.7 Å². The average molecular weight is 282 g/mol. The predicted molar refractivity (Wildman–Crippen MR) is 69.6 cm³/mol. The van der Waals surface area contributed by atoms with Gasteiger partial charge in [-0.3, -0.25) is 4.79 Å². The van der Waals surface area contributed by atoms with Crippen molar-refractivity contribution in [2.45, 2.75) is 18.2 Å². The Balaban J connectivity index is 2.46. The normalized spacial score (nSPS) is 17.5. The summed E-state index contributed by atoms with van der Waals surface area (Å²) in [5.41, 5.74) is 0.548. The maximum absolute atomic E-state index is 12.4. The highest BCUT2D eigenvalue weighted by atomic mass is 32.2. The number of hydrogen-bond acceptors (Lipinski definition) is 4. The molecule has 1 atom stereocenters. The van der Waals surface area contributed by atoms with Crippen molar-refractivity contribution in [2.75, 3.05) is 7.11 Å². The van der Waals surface area contributed by atoms with E-state index in [1.807, 2.05) is 0 Å². The summed E-state index contributed by atoms with van der Waals surface area (Å²) in [7, 11) is -2.24. The van der Waals surface area contributed by atoms with Gasteiger partial charge in [-0.2, -0.15) is 0 Å². The molecule has 0 radical (unpaired) electrons. The van der Waals surface area contributed by atoms with Crippen molar-refractivity contribution in [3.8, 4) is 5.75 Å². The molecule has 0 saturated heterocycles. The SMILES string of the molecule is COc1cccc2c1S(=O)(=O)C(CC(C)C(=O)O)=C2. The van der Waals surface area contributed by atoms with E-state index in [1.165, 1.54) is 20.1 Å². The fourth-order valence-electron chi connectivity index (χ4n) is 2.03. The predicted octanol–water partition coefficient (Wildman–Crippen LogP) is 1.93. The molecular weight excluding hydrogens is 268 g/mol. The van der Waals surface area contributed by atoms with Gasteiger partial charge in [0.1, 0.15) is 10.6 Å². The maximum atomic E-state index is 12.4. The number of fused-ring (bicyclic) bond motifs is 1. The van der Waals surface area contributed by atoms with Gasteiger partial charge < -0.3 is 9.84 Å². The first-order valence-corrected chi connectivity index (χ1v) is 7.21. The van der Waals surface area contributed by atoms with Crippen LogP contribution >= 0.6 is 0 Å². The summed E-state index contributed by atoms with van der Waals surface area (Å²) in [5.74, 6) is -1.48. The van der Waals surface area contributed by atoms with Gasteiger partial charge in [-0.1, -0.05) is 19.1 Å². The summed E-state index contributed by atoms with van der Waals surface area (Å²) >= 11 is 0. The smallest absolute Gasteiger partial charge is 0.306 e.